The molecule has 0 amide bonds. The molecule has 0 aliphatic carbocycles. The molecule has 0 N–H and O–H groups in total. The van der Waals surface area contributed by atoms with Gasteiger partial charge < -0.3 is 4.57 Å². The van der Waals surface area contributed by atoms with Gasteiger partial charge in [-0.15, -0.1) is 0 Å². The number of hydrogen-bond donors (Lipinski definition) is 0. The quantitative estimate of drug-likeness (QED) is 0.381. The van der Waals surface area contributed by atoms with Crippen molar-refractivity contribution in [2.24, 2.45) is 7.05 Å². The third kappa shape index (κ3) is 3.03. The van der Waals surface area contributed by atoms with Crippen LogP contribution in [0.25, 0.3) is 27.7 Å². The molecule has 4 aromatic rings. The SMILES string of the molecule is Cc1c(-c2c3ccccc3cn2C)cc(C(C)(C)C)cc1-[n+]1ccccc1C. The maximum absolute atomic E-state index is 2.39. The average molecular weight is 370 g/mol. The second-order valence-corrected chi connectivity index (χ2v) is 8.81. The molecule has 4 rings (SSSR count). The molecule has 0 unspecified atom stereocenters. The average Bonchev–Trinajstić information content (AvgIpc) is 2.97. The Kier molecular flexibility index (Phi) is 4.38. The van der Waals surface area contributed by atoms with E-state index in [1.54, 1.807) is 0 Å². The van der Waals surface area contributed by atoms with Crippen LogP contribution in [0.15, 0.2) is 67.0 Å². The first-order chi connectivity index (χ1) is 13.3. The van der Waals surface area contributed by atoms with Gasteiger partial charge in [0.25, 0.3) is 0 Å². The number of fused-ring (bicyclic) bond motifs is 1. The van der Waals surface area contributed by atoms with Crippen LogP contribution in [0.2, 0.25) is 0 Å². The van der Waals surface area contributed by atoms with E-state index >= 15 is 0 Å². The molecule has 142 valence electrons. The summed E-state index contributed by atoms with van der Waals surface area (Å²) in [7, 11) is 2.15. The van der Waals surface area contributed by atoms with Gasteiger partial charge in [-0.3, -0.25) is 0 Å². The van der Waals surface area contributed by atoms with Crippen LogP contribution in [0, 0.1) is 13.8 Å². The highest BCUT2D eigenvalue weighted by Crippen LogP contribution is 2.37. The normalized spacial score (nSPS) is 11.9. The third-order valence-corrected chi connectivity index (χ3v) is 5.73. The predicted molar refractivity (Wildman–Crippen MR) is 118 cm³/mol. The summed E-state index contributed by atoms with van der Waals surface area (Å²) in [5.41, 5.74) is 7.81. The molecule has 0 bridgehead atoms. The summed E-state index contributed by atoms with van der Waals surface area (Å²) in [5, 5.41) is 2.59. The summed E-state index contributed by atoms with van der Waals surface area (Å²) in [5.74, 6) is 0. The van der Waals surface area contributed by atoms with Crippen molar-refractivity contribution in [3.63, 3.8) is 0 Å². The van der Waals surface area contributed by atoms with Gasteiger partial charge >= 0.3 is 0 Å². The topological polar surface area (TPSA) is 8.81 Å². The van der Waals surface area contributed by atoms with E-state index in [2.05, 4.69) is 118 Å². The molecule has 2 aromatic heterocycles. The molecule has 0 fully saturated rings. The van der Waals surface area contributed by atoms with Crippen LogP contribution in [-0.2, 0) is 12.5 Å². The molecule has 2 nitrogen and oxygen atoms in total. The first kappa shape index (κ1) is 18.5. The minimum atomic E-state index is 0.0708. The second-order valence-electron chi connectivity index (χ2n) is 8.81. The maximum atomic E-state index is 2.39. The second kappa shape index (κ2) is 6.63. The van der Waals surface area contributed by atoms with E-state index in [-0.39, 0.29) is 5.41 Å². The first-order valence-electron chi connectivity index (χ1n) is 9.94. The van der Waals surface area contributed by atoms with Gasteiger partial charge in [-0.1, -0.05) is 51.1 Å². The zero-order valence-corrected chi connectivity index (χ0v) is 17.7. The molecule has 2 heteroatoms. The summed E-state index contributed by atoms with van der Waals surface area (Å²) in [6, 6.07) is 19.8. The van der Waals surface area contributed by atoms with E-state index in [4.69, 9.17) is 0 Å². The minimum absolute atomic E-state index is 0.0708. The number of nitrogens with zero attached hydrogens (tertiary/aromatic N) is 2. The van der Waals surface area contributed by atoms with E-state index in [1.807, 2.05) is 0 Å². The van der Waals surface area contributed by atoms with Gasteiger partial charge in [-0.05, 0) is 29.4 Å². The highest BCUT2D eigenvalue weighted by molar-refractivity contribution is 5.97. The summed E-state index contributed by atoms with van der Waals surface area (Å²) < 4.78 is 4.57. The molecule has 2 heterocycles. The van der Waals surface area contributed by atoms with Crippen molar-refractivity contribution in [2.45, 2.75) is 40.0 Å². The smallest absolute Gasteiger partial charge is 0.214 e. The van der Waals surface area contributed by atoms with E-state index in [0.29, 0.717) is 0 Å². The van der Waals surface area contributed by atoms with Crippen molar-refractivity contribution in [3.05, 3.63) is 83.8 Å². The van der Waals surface area contributed by atoms with Crippen LogP contribution in [0.4, 0.5) is 0 Å². The molecular weight excluding hydrogens is 340 g/mol. The molecular formula is C26H29N2+. The fourth-order valence-electron chi connectivity index (χ4n) is 4.05. The lowest BCUT2D eigenvalue weighted by molar-refractivity contribution is -0.603. The standard InChI is InChI=1S/C26H29N2/c1-18-11-9-10-14-28(18)24-16-21(26(3,4)5)15-23(19(24)2)25-22-13-8-7-12-20(22)17-27(25)6/h7-17H,1-6H3/q+1. The predicted octanol–water partition coefficient (Wildman–Crippen LogP) is 6.04. The van der Waals surface area contributed by atoms with E-state index in [9.17, 15) is 0 Å². The van der Waals surface area contributed by atoms with Crippen LogP contribution in [0.3, 0.4) is 0 Å². The van der Waals surface area contributed by atoms with Crippen molar-refractivity contribution < 1.29 is 4.57 Å². The van der Waals surface area contributed by atoms with E-state index < -0.39 is 0 Å². The van der Waals surface area contributed by atoms with Crippen LogP contribution in [-0.4, -0.2) is 4.57 Å². The van der Waals surface area contributed by atoms with Crippen molar-refractivity contribution in [1.29, 1.82) is 0 Å². The van der Waals surface area contributed by atoms with Crippen molar-refractivity contribution in [3.8, 4) is 16.9 Å². The molecule has 0 saturated carbocycles. The fraction of sp³-hybridized carbons (Fsp3) is 0.269. The van der Waals surface area contributed by atoms with Crippen molar-refractivity contribution in [1.82, 2.24) is 4.57 Å². The lowest BCUT2D eigenvalue weighted by Crippen LogP contribution is -2.35. The van der Waals surface area contributed by atoms with Gasteiger partial charge in [0, 0.05) is 54.9 Å². The van der Waals surface area contributed by atoms with Gasteiger partial charge in [0.1, 0.15) is 0 Å². The van der Waals surface area contributed by atoms with Gasteiger partial charge in [0.05, 0.1) is 5.69 Å². The zero-order valence-electron chi connectivity index (χ0n) is 17.7. The van der Waals surface area contributed by atoms with Gasteiger partial charge in [0.2, 0.25) is 5.69 Å². The van der Waals surface area contributed by atoms with Gasteiger partial charge in [-0.2, -0.15) is 4.57 Å². The Bertz CT molecular complexity index is 1170. The molecule has 28 heavy (non-hydrogen) atoms. The number of benzene rings is 2. The van der Waals surface area contributed by atoms with E-state index in [0.717, 1.165) is 0 Å². The number of hydrogen-bond acceptors (Lipinski definition) is 0. The highest BCUT2D eigenvalue weighted by Gasteiger charge is 2.24. The lowest BCUT2D eigenvalue weighted by atomic mass is 9.83. The minimum Gasteiger partial charge on any atom is -0.349 e. The zero-order chi connectivity index (χ0) is 20.1. The molecule has 0 aliphatic heterocycles. The molecule has 0 atom stereocenters. The summed E-state index contributed by atoms with van der Waals surface area (Å²) in [6.45, 7) is 11.3. The Balaban J connectivity index is 2.09. The summed E-state index contributed by atoms with van der Waals surface area (Å²) in [4.78, 5) is 0. The first-order valence-corrected chi connectivity index (χ1v) is 9.94. The Hall–Kier alpha value is -2.87. The molecule has 0 aliphatic rings. The molecule has 0 radical (unpaired) electrons. The van der Waals surface area contributed by atoms with Crippen LogP contribution >= 0.6 is 0 Å². The van der Waals surface area contributed by atoms with Crippen molar-refractivity contribution in [2.75, 3.05) is 0 Å². The van der Waals surface area contributed by atoms with Crippen LogP contribution in [0.1, 0.15) is 37.6 Å². The Morgan fingerprint density at radius 3 is 2.32 bits per heavy atom. The lowest BCUT2D eigenvalue weighted by Gasteiger charge is -2.22. The Labute approximate surface area is 168 Å². The van der Waals surface area contributed by atoms with Gasteiger partial charge in [-0.25, -0.2) is 0 Å². The Morgan fingerprint density at radius 1 is 0.893 bits per heavy atom. The summed E-state index contributed by atoms with van der Waals surface area (Å²) in [6.07, 6.45) is 4.39. The van der Waals surface area contributed by atoms with Gasteiger partial charge in [0.15, 0.2) is 11.9 Å². The highest BCUT2D eigenvalue weighted by atomic mass is 15.0. The fourth-order valence-corrected chi connectivity index (χ4v) is 4.05. The Morgan fingerprint density at radius 2 is 1.61 bits per heavy atom. The number of pyridine rings is 1. The van der Waals surface area contributed by atoms with Crippen LogP contribution < -0.4 is 4.57 Å². The van der Waals surface area contributed by atoms with Crippen molar-refractivity contribution >= 4 is 10.8 Å². The number of aryl methyl sites for hydroxylation is 2. The summed E-state index contributed by atoms with van der Waals surface area (Å²) >= 11 is 0. The monoisotopic (exact) mass is 369 g/mol. The number of aromatic nitrogens is 2. The van der Waals surface area contributed by atoms with Crippen LogP contribution in [0.5, 0.6) is 0 Å². The third-order valence-electron chi connectivity index (χ3n) is 5.73. The van der Waals surface area contributed by atoms with E-state index in [1.165, 1.54) is 44.5 Å². The largest absolute Gasteiger partial charge is 0.349 e. The molecule has 0 spiro atoms. The number of rotatable bonds is 2. The maximum Gasteiger partial charge on any atom is 0.214 e. The molecule has 0 saturated heterocycles. The molecule has 2 aromatic carbocycles.